The molecule has 0 saturated heterocycles. The van der Waals surface area contributed by atoms with Crippen molar-refractivity contribution in [2.45, 2.75) is 19.8 Å². The molecule has 0 spiro atoms. The summed E-state index contributed by atoms with van der Waals surface area (Å²) in [5, 5.41) is 0. The summed E-state index contributed by atoms with van der Waals surface area (Å²) in [7, 11) is 0. The zero-order chi connectivity index (χ0) is 19.1. The number of hydrogen-bond donors (Lipinski definition) is 0. The van der Waals surface area contributed by atoms with Gasteiger partial charge in [0.05, 0.1) is 13.2 Å². The summed E-state index contributed by atoms with van der Waals surface area (Å²) in [6, 6.07) is 5.89. The molecule has 2 rings (SSSR count). The number of carbonyl (C=O) groups excluding carboxylic acids is 2. The molecule has 0 fully saturated rings. The highest BCUT2D eigenvalue weighted by atomic mass is 19.2. The van der Waals surface area contributed by atoms with Crippen LogP contribution in [0.5, 0.6) is 11.6 Å². The fraction of sp³-hybridized carbons (Fsp3) is 0.278. The lowest BCUT2D eigenvalue weighted by Gasteiger charge is -2.14. The van der Waals surface area contributed by atoms with E-state index < -0.39 is 29.5 Å². The molecule has 0 N–H and O–H groups in total. The third-order valence-electron chi connectivity index (χ3n) is 3.25. The average molecular weight is 365 g/mol. The average Bonchev–Trinajstić information content (AvgIpc) is 2.60. The van der Waals surface area contributed by atoms with Crippen LogP contribution in [0.3, 0.4) is 0 Å². The van der Waals surface area contributed by atoms with Crippen molar-refractivity contribution in [1.82, 2.24) is 4.98 Å². The van der Waals surface area contributed by atoms with Crippen LogP contribution in [-0.4, -0.2) is 30.1 Å². The summed E-state index contributed by atoms with van der Waals surface area (Å²) in [5.74, 6) is -4.68. The van der Waals surface area contributed by atoms with Gasteiger partial charge in [-0.3, -0.25) is 9.59 Å². The van der Waals surface area contributed by atoms with Crippen molar-refractivity contribution in [2.75, 3.05) is 13.2 Å². The second-order valence-corrected chi connectivity index (χ2v) is 5.04. The molecule has 1 heterocycles. The number of halogens is 2. The normalized spacial score (nSPS) is 10.5. The second-order valence-electron chi connectivity index (χ2n) is 5.04. The van der Waals surface area contributed by atoms with E-state index in [1.807, 2.05) is 0 Å². The van der Waals surface area contributed by atoms with E-state index in [9.17, 15) is 18.4 Å². The highest BCUT2D eigenvalue weighted by molar-refractivity contribution is 6.00. The van der Waals surface area contributed by atoms with Crippen molar-refractivity contribution < 1.29 is 32.6 Å². The fourth-order valence-electron chi connectivity index (χ4n) is 2.10. The zero-order valence-electron chi connectivity index (χ0n) is 14.2. The molecule has 0 aliphatic heterocycles. The Labute approximate surface area is 148 Å². The number of esters is 2. The molecular weight excluding hydrogens is 348 g/mol. The smallest absolute Gasteiger partial charge is 0.324 e. The van der Waals surface area contributed by atoms with Crippen molar-refractivity contribution >= 4 is 11.9 Å². The van der Waals surface area contributed by atoms with Crippen LogP contribution in [-0.2, 0) is 19.1 Å². The van der Waals surface area contributed by atoms with Gasteiger partial charge in [-0.25, -0.2) is 13.8 Å². The van der Waals surface area contributed by atoms with Crippen LogP contribution < -0.4 is 4.74 Å². The Morgan fingerprint density at radius 1 is 1.00 bits per heavy atom. The molecule has 138 valence electrons. The van der Waals surface area contributed by atoms with E-state index in [1.165, 1.54) is 24.4 Å². The lowest BCUT2D eigenvalue weighted by molar-refractivity contribution is -0.156. The quantitative estimate of drug-likeness (QED) is 0.553. The minimum absolute atomic E-state index is 0.0523. The Bertz CT molecular complexity index is 762. The van der Waals surface area contributed by atoms with Gasteiger partial charge in [0.15, 0.2) is 17.6 Å². The van der Waals surface area contributed by atoms with E-state index >= 15 is 0 Å². The molecule has 0 aliphatic rings. The van der Waals surface area contributed by atoms with Crippen molar-refractivity contribution in [3.63, 3.8) is 0 Å². The number of carbonyl (C=O) groups is 2. The lowest BCUT2D eigenvalue weighted by Crippen LogP contribution is -2.26. The van der Waals surface area contributed by atoms with Crippen LogP contribution in [0.2, 0.25) is 0 Å². The molecule has 0 unspecified atom stereocenters. The Kier molecular flexibility index (Phi) is 6.60. The maximum atomic E-state index is 13.2. The van der Waals surface area contributed by atoms with Gasteiger partial charge in [-0.2, -0.15) is 0 Å². The van der Waals surface area contributed by atoms with Gasteiger partial charge >= 0.3 is 11.9 Å². The van der Waals surface area contributed by atoms with Gasteiger partial charge in [0.1, 0.15) is 5.75 Å². The number of nitrogens with zero attached hydrogens (tertiary/aromatic N) is 1. The van der Waals surface area contributed by atoms with E-state index in [-0.39, 0.29) is 30.4 Å². The van der Waals surface area contributed by atoms with Gasteiger partial charge in [-0.1, -0.05) is 6.07 Å². The summed E-state index contributed by atoms with van der Waals surface area (Å²) in [6.07, 6.45) is 1.26. The molecule has 1 aromatic heterocycles. The van der Waals surface area contributed by atoms with Crippen LogP contribution in [0.25, 0.3) is 0 Å². The lowest BCUT2D eigenvalue weighted by atomic mass is 10.0. The summed E-state index contributed by atoms with van der Waals surface area (Å²) < 4.78 is 41.2. The van der Waals surface area contributed by atoms with Gasteiger partial charge in [0.25, 0.3) is 0 Å². The highest BCUT2D eigenvalue weighted by Crippen LogP contribution is 2.24. The zero-order valence-corrected chi connectivity index (χ0v) is 14.2. The monoisotopic (exact) mass is 365 g/mol. The summed E-state index contributed by atoms with van der Waals surface area (Å²) in [5.41, 5.74) is 0.263. The SMILES string of the molecule is CCOC(=O)C(C(=O)OCC)c1ccc(Oc2ccc(F)c(F)c2)nc1. The molecule has 1 aromatic carbocycles. The number of benzene rings is 1. The van der Waals surface area contributed by atoms with Gasteiger partial charge in [0.2, 0.25) is 5.88 Å². The molecule has 8 heteroatoms. The third kappa shape index (κ3) is 4.75. The van der Waals surface area contributed by atoms with Gasteiger partial charge in [-0.05, 0) is 31.5 Å². The van der Waals surface area contributed by atoms with Crippen LogP contribution in [0.1, 0.15) is 25.3 Å². The summed E-state index contributed by atoms with van der Waals surface area (Å²) >= 11 is 0. The van der Waals surface area contributed by atoms with E-state index in [0.717, 1.165) is 12.1 Å². The number of aromatic nitrogens is 1. The van der Waals surface area contributed by atoms with Crippen LogP contribution in [0, 0.1) is 11.6 Å². The molecule has 26 heavy (non-hydrogen) atoms. The molecule has 0 radical (unpaired) electrons. The maximum Gasteiger partial charge on any atom is 0.324 e. The molecule has 0 saturated carbocycles. The van der Waals surface area contributed by atoms with Crippen LogP contribution >= 0.6 is 0 Å². The largest absolute Gasteiger partial charge is 0.465 e. The first-order valence-electron chi connectivity index (χ1n) is 7.88. The Morgan fingerprint density at radius 2 is 1.65 bits per heavy atom. The maximum absolute atomic E-state index is 13.2. The Balaban J connectivity index is 2.20. The molecular formula is C18H17F2NO5. The summed E-state index contributed by atoms with van der Waals surface area (Å²) in [6.45, 7) is 3.47. The number of rotatable bonds is 7. The van der Waals surface area contributed by atoms with E-state index in [1.54, 1.807) is 13.8 Å². The first kappa shape index (κ1) is 19.3. The number of pyridine rings is 1. The van der Waals surface area contributed by atoms with Crippen molar-refractivity contribution in [2.24, 2.45) is 0 Å². The van der Waals surface area contributed by atoms with Gasteiger partial charge in [-0.15, -0.1) is 0 Å². The van der Waals surface area contributed by atoms with E-state index in [4.69, 9.17) is 14.2 Å². The van der Waals surface area contributed by atoms with Crippen LogP contribution in [0.4, 0.5) is 8.78 Å². The minimum atomic E-state index is -1.26. The standard InChI is InChI=1S/C18H17F2NO5/c1-3-24-17(22)16(18(23)25-4-2)11-5-8-15(21-10-11)26-12-6-7-13(19)14(20)9-12/h5-10,16H,3-4H2,1-2H3. The molecule has 0 atom stereocenters. The van der Waals surface area contributed by atoms with Gasteiger partial charge in [0, 0.05) is 18.3 Å². The summed E-state index contributed by atoms with van der Waals surface area (Å²) in [4.78, 5) is 28.1. The molecule has 0 aliphatic carbocycles. The Morgan fingerprint density at radius 3 is 2.15 bits per heavy atom. The highest BCUT2D eigenvalue weighted by Gasteiger charge is 2.31. The first-order chi connectivity index (χ1) is 12.5. The van der Waals surface area contributed by atoms with Crippen molar-refractivity contribution in [3.8, 4) is 11.6 Å². The minimum Gasteiger partial charge on any atom is -0.465 e. The fourth-order valence-corrected chi connectivity index (χ4v) is 2.10. The predicted octanol–water partition coefficient (Wildman–Crippen LogP) is 3.36. The molecule has 6 nitrogen and oxygen atoms in total. The number of hydrogen-bond acceptors (Lipinski definition) is 6. The number of ether oxygens (including phenoxy) is 3. The van der Waals surface area contributed by atoms with E-state index in [2.05, 4.69) is 4.98 Å². The molecule has 0 amide bonds. The molecule has 2 aromatic rings. The van der Waals surface area contributed by atoms with E-state index in [0.29, 0.717) is 0 Å². The topological polar surface area (TPSA) is 74.7 Å². The van der Waals surface area contributed by atoms with Crippen molar-refractivity contribution in [3.05, 3.63) is 53.7 Å². The van der Waals surface area contributed by atoms with Crippen LogP contribution in [0.15, 0.2) is 36.5 Å². The predicted molar refractivity (Wildman–Crippen MR) is 86.7 cm³/mol. The van der Waals surface area contributed by atoms with Crippen molar-refractivity contribution in [1.29, 1.82) is 0 Å². The first-order valence-corrected chi connectivity index (χ1v) is 7.88. The Hall–Kier alpha value is -3.03. The van der Waals surface area contributed by atoms with Gasteiger partial charge < -0.3 is 14.2 Å². The molecule has 0 bridgehead atoms. The third-order valence-corrected chi connectivity index (χ3v) is 3.25. The second kappa shape index (κ2) is 8.89.